The Labute approximate surface area is 159 Å². The molecule has 1 aromatic carbocycles. The summed E-state index contributed by atoms with van der Waals surface area (Å²) in [6.45, 7) is 5.41. The molecule has 0 spiro atoms. The summed E-state index contributed by atoms with van der Waals surface area (Å²) in [5, 5.41) is 9.31. The second-order valence-electron chi connectivity index (χ2n) is 7.30. The SMILES string of the molecule is CC1CCN(Cc2ccc(C(=O)N(CCO)Cc3ccc(F)cc3)o2)CC1. The van der Waals surface area contributed by atoms with Gasteiger partial charge in [-0.3, -0.25) is 9.69 Å². The molecule has 6 heteroatoms. The van der Waals surface area contributed by atoms with Gasteiger partial charge in [0.1, 0.15) is 11.6 Å². The molecule has 2 heterocycles. The molecule has 1 saturated heterocycles. The van der Waals surface area contributed by atoms with Crippen molar-refractivity contribution in [1.29, 1.82) is 0 Å². The summed E-state index contributed by atoms with van der Waals surface area (Å²) < 4.78 is 18.9. The lowest BCUT2D eigenvalue weighted by atomic mass is 9.99. The maximum absolute atomic E-state index is 13.1. The molecule has 0 saturated carbocycles. The molecule has 2 aromatic rings. The molecule has 0 atom stereocenters. The second kappa shape index (κ2) is 9.15. The first kappa shape index (κ1) is 19.6. The lowest BCUT2D eigenvalue weighted by Gasteiger charge is -2.29. The van der Waals surface area contributed by atoms with Crippen molar-refractivity contribution in [3.05, 3.63) is 59.3 Å². The Morgan fingerprint density at radius 2 is 1.93 bits per heavy atom. The average Bonchev–Trinajstić information content (AvgIpc) is 3.13. The molecule has 1 aliphatic heterocycles. The van der Waals surface area contributed by atoms with E-state index < -0.39 is 0 Å². The van der Waals surface area contributed by atoms with E-state index in [-0.39, 0.29) is 30.6 Å². The summed E-state index contributed by atoms with van der Waals surface area (Å²) in [4.78, 5) is 16.6. The van der Waals surface area contributed by atoms with E-state index >= 15 is 0 Å². The number of amides is 1. The molecule has 146 valence electrons. The van der Waals surface area contributed by atoms with Crippen LogP contribution in [0.15, 0.2) is 40.8 Å². The quantitative estimate of drug-likeness (QED) is 0.808. The van der Waals surface area contributed by atoms with E-state index in [2.05, 4.69) is 11.8 Å². The first-order valence-electron chi connectivity index (χ1n) is 9.51. The molecule has 0 unspecified atom stereocenters. The maximum Gasteiger partial charge on any atom is 0.289 e. The van der Waals surface area contributed by atoms with Crippen LogP contribution in [0.25, 0.3) is 0 Å². The summed E-state index contributed by atoms with van der Waals surface area (Å²) in [5.74, 6) is 1.23. The number of likely N-dealkylation sites (tertiary alicyclic amines) is 1. The third-order valence-electron chi connectivity index (χ3n) is 5.07. The van der Waals surface area contributed by atoms with Crippen LogP contribution in [0.4, 0.5) is 4.39 Å². The van der Waals surface area contributed by atoms with E-state index in [0.29, 0.717) is 13.1 Å². The van der Waals surface area contributed by atoms with Crippen LogP contribution in [0, 0.1) is 11.7 Å². The van der Waals surface area contributed by atoms with Crippen molar-refractivity contribution >= 4 is 5.91 Å². The minimum absolute atomic E-state index is 0.146. The molecule has 5 nitrogen and oxygen atoms in total. The van der Waals surface area contributed by atoms with Crippen molar-refractivity contribution in [3.8, 4) is 0 Å². The molecule has 1 N–H and O–H groups in total. The molecular formula is C21H27FN2O3. The zero-order chi connectivity index (χ0) is 19.2. The highest BCUT2D eigenvalue weighted by Gasteiger charge is 2.21. The predicted molar refractivity (Wildman–Crippen MR) is 101 cm³/mol. The number of rotatable bonds is 7. The van der Waals surface area contributed by atoms with Crippen molar-refractivity contribution < 1.29 is 18.7 Å². The number of hydrogen-bond acceptors (Lipinski definition) is 4. The van der Waals surface area contributed by atoms with Gasteiger partial charge in [-0.2, -0.15) is 0 Å². The van der Waals surface area contributed by atoms with Crippen molar-refractivity contribution in [3.63, 3.8) is 0 Å². The lowest BCUT2D eigenvalue weighted by Crippen LogP contribution is -2.33. The zero-order valence-corrected chi connectivity index (χ0v) is 15.7. The van der Waals surface area contributed by atoms with Gasteiger partial charge in [-0.25, -0.2) is 4.39 Å². The van der Waals surface area contributed by atoms with E-state index in [0.717, 1.165) is 30.3 Å². The van der Waals surface area contributed by atoms with Crippen LogP contribution >= 0.6 is 0 Å². The number of halogens is 1. The Bertz CT molecular complexity index is 736. The summed E-state index contributed by atoms with van der Waals surface area (Å²) in [7, 11) is 0. The topological polar surface area (TPSA) is 56.9 Å². The molecule has 1 aliphatic rings. The van der Waals surface area contributed by atoms with E-state index in [1.54, 1.807) is 18.2 Å². The van der Waals surface area contributed by atoms with Crippen molar-refractivity contribution in [2.75, 3.05) is 26.2 Å². The lowest BCUT2D eigenvalue weighted by molar-refractivity contribution is 0.0671. The Balaban J connectivity index is 1.63. The van der Waals surface area contributed by atoms with Gasteiger partial charge in [-0.15, -0.1) is 0 Å². The van der Waals surface area contributed by atoms with Crippen LogP contribution in [-0.2, 0) is 13.1 Å². The van der Waals surface area contributed by atoms with Gasteiger partial charge < -0.3 is 14.4 Å². The monoisotopic (exact) mass is 374 g/mol. The second-order valence-corrected chi connectivity index (χ2v) is 7.30. The van der Waals surface area contributed by atoms with Crippen molar-refractivity contribution in [1.82, 2.24) is 9.80 Å². The highest BCUT2D eigenvalue weighted by Crippen LogP contribution is 2.20. The van der Waals surface area contributed by atoms with Gasteiger partial charge in [-0.05, 0) is 61.7 Å². The first-order valence-corrected chi connectivity index (χ1v) is 9.51. The molecule has 0 bridgehead atoms. The molecule has 1 amide bonds. The number of nitrogens with zero attached hydrogens (tertiary/aromatic N) is 2. The molecule has 1 aromatic heterocycles. The predicted octanol–water partition coefficient (Wildman–Crippen LogP) is 3.29. The summed E-state index contributed by atoms with van der Waals surface area (Å²) in [6, 6.07) is 9.54. The van der Waals surface area contributed by atoms with Crippen LogP contribution in [-0.4, -0.2) is 47.1 Å². The first-order chi connectivity index (χ1) is 13.0. The number of benzene rings is 1. The van der Waals surface area contributed by atoms with E-state index in [1.807, 2.05) is 6.07 Å². The van der Waals surface area contributed by atoms with Gasteiger partial charge in [0, 0.05) is 13.1 Å². The van der Waals surface area contributed by atoms with Gasteiger partial charge in [-0.1, -0.05) is 19.1 Å². The number of carbonyl (C=O) groups is 1. The fraction of sp³-hybridized carbons (Fsp3) is 0.476. The van der Waals surface area contributed by atoms with Crippen LogP contribution in [0.2, 0.25) is 0 Å². The molecule has 3 rings (SSSR count). The molecular weight excluding hydrogens is 347 g/mol. The van der Waals surface area contributed by atoms with E-state index in [4.69, 9.17) is 4.42 Å². The summed E-state index contributed by atoms with van der Waals surface area (Å²) in [6.07, 6.45) is 2.38. The van der Waals surface area contributed by atoms with Crippen LogP contribution in [0.3, 0.4) is 0 Å². The number of furan rings is 1. The largest absolute Gasteiger partial charge is 0.455 e. The van der Waals surface area contributed by atoms with Gasteiger partial charge in [0.25, 0.3) is 5.91 Å². The zero-order valence-electron chi connectivity index (χ0n) is 15.7. The number of carbonyl (C=O) groups excluding carboxylic acids is 1. The van der Waals surface area contributed by atoms with E-state index in [9.17, 15) is 14.3 Å². The highest BCUT2D eigenvalue weighted by molar-refractivity contribution is 5.91. The summed E-state index contributed by atoms with van der Waals surface area (Å²) in [5.41, 5.74) is 0.799. The van der Waals surface area contributed by atoms with Crippen LogP contribution in [0.1, 0.15) is 41.6 Å². The van der Waals surface area contributed by atoms with Gasteiger partial charge in [0.2, 0.25) is 0 Å². The Hall–Kier alpha value is -2.18. The fourth-order valence-corrected chi connectivity index (χ4v) is 3.36. The van der Waals surface area contributed by atoms with E-state index in [1.165, 1.54) is 29.9 Å². The van der Waals surface area contributed by atoms with Gasteiger partial charge in [0.15, 0.2) is 5.76 Å². The minimum Gasteiger partial charge on any atom is -0.455 e. The third kappa shape index (κ3) is 5.40. The maximum atomic E-state index is 13.1. The standard InChI is InChI=1S/C21H27FN2O3/c1-16-8-10-23(11-9-16)15-19-6-7-20(27-19)21(26)24(12-13-25)14-17-2-4-18(22)5-3-17/h2-7,16,25H,8-15H2,1H3. The molecule has 27 heavy (non-hydrogen) atoms. The highest BCUT2D eigenvalue weighted by atomic mass is 19.1. The molecule has 1 fully saturated rings. The van der Waals surface area contributed by atoms with Crippen LogP contribution in [0.5, 0.6) is 0 Å². The third-order valence-corrected chi connectivity index (χ3v) is 5.07. The fourth-order valence-electron chi connectivity index (χ4n) is 3.36. The number of aliphatic hydroxyl groups excluding tert-OH is 1. The smallest absolute Gasteiger partial charge is 0.289 e. The number of aliphatic hydroxyl groups is 1. The van der Waals surface area contributed by atoms with Crippen LogP contribution < -0.4 is 0 Å². The number of piperidine rings is 1. The van der Waals surface area contributed by atoms with Crippen molar-refractivity contribution in [2.45, 2.75) is 32.9 Å². The van der Waals surface area contributed by atoms with Crippen molar-refractivity contribution in [2.24, 2.45) is 5.92 Å². The van der Waals surface area contributed by atoms with Gasteiger partial charge >= 0.3 is 0 Å². The Morgan fingerprint density at radius 1 is 1.22 bits per heavy atom. The Kier molecular flexibility index (Phi) is 6.63. The molecule has 0 aliphatic carbocycles. The molecule has 0 radical (unpaired) electrons. The average molecular weight is 374 g/mol. The van der Waals surface area contributed by atoms with Gasteiger partial charge in [0.05, 0.1) is 13.2 Å². The Morgan fingerprint density at radius 3 is 2.59 bits per heavy atom. The number of hydrogen-bond donors (Lipinski definition) is 1. The normalized spacial score (nSPS) is 15.8. The minimum atomic E-state index is -0.318. The summed E-state index contributed by atoms with van der Waals surface area (Å²) >= 11 is 0.